The van der Waals surface area contributed by atoms with Crippen LogP contribution in [0.15, 0.2) is 41.3 Å². The van der Waals surface area contributed by atoms with Crippen molar-refractivity contribution in [2.24, 2.45) is 5.92 Å². The molecule has 2 aromatic rings. The van der Waals surface area contributed by atoms with E-state index in [0.29, 0.717) is 24.4 Å². The lowest BCUT2D eigenvalue weighted by atomic mass is 10.1. The quantitative estimate of drug-likeness (QED) is 0.863. The molecule has 1 saturated heterocycles. The summed E-state index contributed by atoms with van der Waals surface area (Å²) in [6, 6.07) is 6.61. The Morgan fingerprint density at radius 2 is 2.10 bits per heavy atom. The molecule has 6 nitrogen and oxygen atoms in total. The summed E-state index contributed by atoms with van der Waals surface area (Å²) in [5, 5.41) is 17.1. The SMILES string of the molecule is C=CC1CC(=O)N(c2nnc(-c3ccc(O)cc3)o2)C1. The fraction of sp³-hybridized carbons (Fsp3) is 0.214. The van der Waals surface area contributed by atoms with Gasteiger partial charge in [-0.25, -0.2) is 0 Å². The van der Waals surface area contributed by atoms with E-state index in [1.54, 1.807) is 18.2 Å². The van der Waals surface area contributed by atoms with E-state index in [9.17, 15) is 9.90 Å². The van der Waals surface area contributed by atoms with Gasteiger partial charge in [-0.15, -0.1) is 11.7 Å². The number of hydrogen-bond acceptors (Lipinski definition) is 5. The van der Waals surface area contributed by atoms with Gasteiger partial charge in [0.15, 0.2) is 0 Å². The van der Waals surface area contributed by atoms with Crippen molar-refractivity contribution < 1.29 is 14.3 Å². The second-order valence-corrected chi connectivity index (χ2v) is 4.64. The Hall–Kier alpha value is -2.63. The summed E-state index contributed by atoms with van der Waals surface area (Å²) in [4.78, 5) is 13.3. The van der Waals surface area contributed by atoms with E-state index in [-0.39, 0.29) is 23.6 Å². The van der Waals surface area contributed by atoms with E-state index in [0.717, 1.165) is 0 Å². The van der Waals surface area contributed by atoms with Crippen molar-refractivity contribution in [3.05, 3.63) is 36.9 Å². The summed E-state index contributed by atoms with van der Waals surface area (Å²) in [5.41, 5.74) is 0.688. The molecule has 1 aromatic heterocycles. The Morgan fingerprint density at radius 3 is 2.75 bits per heavy atom. The lowest BCUT2D eigenvalue weighted by Gasteiger charge is -2.09. The number of rotatable bonds is 3. The molecule has 0 spiro atoms. The van der Waals surface area contributed by atoms with Crippen LogP contribution in [0.3, 0.4) is 0 Å². The zero-order valence-electron chi connectivity index (χ0n) is 10.7. The molecule has 20 heavy (non-hydrogen) atoms. The van der Waals surface area contributed by atoms with E-state index in [1.165, 1.54) is 17.0 Å². The second kappa shape index (κ2) is 4.80. The average molecular weight is 271 g/mol. The summed E-state index contributed by atoms with van der Waals surface area (Å²) in [6.45, 7) is 4.21. The maximum absolute atomic E-state index is 11.9. The highest BCUT2D eigenvalue weighted by atomic mass is 16.4. The van der Waals surface area contributed by atoms with Gasteiger partial charge in [0.1, 0.15) is 5.75 Å². The predicted molar refractivity (Wildman–Crippen MR) is 72.1 cm³/mol. The molecular formula is C14H13N3O3. The van der Waals surface area contributed by atoms with Crippen LogP contribution in [0.2, 0.25) is 0 Å². The van der Waals surface area contributed by atoms with Crippen LogP contribution in [0.1, 0.15) is 6.42 Å². The van der Waals surface area contributed by atoms with Crippen LogP contribution in [0.5, 0.6) is 5.75 Å². The van der Waals surface area contributed by atoms with E-state index in [4.69, 9.17) is 4.42 Å². The van der Waals surface area contributed by atoms with E-state index < -0.39 is 0 Å². The number of hydrogen-bond donors (Lipinski definition) is 1. The van der Waals surface area contributed by atoms with Gasteiger partial charge in [-0.3, -0.25) is 9.69 Å². The summed E-state index contributed by atoms with van der Waals surface area (Å²) in [5.74, 6) is 0.550. The Morgan fingerprint density at radius 1 is 1.35 bits per heavy atom. The third-order valence-corrected chi connectivity index (χ3v) is 3.25. The normalized spacial score (nSPS) is 18.5. The van der Waals surface area contributed by atoms with Gasteiger partial charge >= 0.3 is 6.01 Å². The van der Waals surface area contributed by atoms with Crippen molar-refractivity contribution in [3.8, 4) is 17.2 Å². The van der Waals surface area contributed by atoms with Crippen molar-refractivity contribution in [3.63, 3.8) is 0 Å². The van der Waals surface area contributed by atoms with E-state index in [1.807, 2.05) is 0 Å². The molecule has 6 heteroatoms. The lowest BCUT2D eigenvalue weighted by Crippen LogP contribution is -2.24. The Bertz CT molecular complexity index is 648. The van der Waals surface area contributed by atoms with Crippen LogP contribution in [-0.2, 0) is 4.79 Å². The third-order valence-electron chi connectivity index (χ3n) is 3.25. The van der Waals surface area contributed by atoms with Crippen LogP contribution in [0.4, 0.5) is 6.01 Å². The summed E-state index contributed by atoms with van der Waals surface area (Å²) in [7, 11) is 0. The molecule has 0 bridgehead atoms. The van der Waals surface area contributed by atoms with Gasteiger partial charge in [-0.2, -0.15) is 0 Å². The van der Waals surface area contributed by atoms with E-state index in [2.05, 4.69) is 16.8 Å². The predicted octanol–water partition coefficient (Wildman–Crippen LogP) is 1.98. The number of carbonyl (C=O) groups excluding carboxylic acids is 1. The van der Waals surface area contributed by atoms with Crippen molar-refractivity contribution in [1.29, 1.82) is 0 Å². The number of nitrogens with zero attached hydrogens (tertiary/aromatic N) is 3. The van der Waals surface area contributed by atoms with Crippen molar-refractivity contribution >= 4 is 11.9 Å². The molecule has 1 atom stereocenters. The number of phenols is 1. The zero-order valence-corrected chi connectivity index (χ0v) is 10.7. The largest absolute Gasteiger partial charge is 0.508 e. The number of carbonyl (C=O) groups is 1. The van der Waals surface area contributed by atoms with Gasteiger partial charge in [0.25, 0.3) is 0 Å². The first-order chi connectivity index (χ1) is 9.67. The molecule has 102 valence electrons. The fourth-order valence-corrected chi connectivity index (χ4v) is 2.12. The van der Waals surface area contributed by atoms with Crippen LogP contribution in [0.25, 0.3) is 11.5 Å². The molecular weight excluding hydrogens is 258 g/mol. The number of aromatic hydroxyl groups is 1. The highest BCUT2D eigenvalue weighted by Gasteiger charge is 2.32. The third kappa shape index (κ3) is 2.16. The van der Waals surface area contributed by atoms with Gasteiger partial charge in [0, 0.05) is 24.4 Å². The van der Waals surface area contributed by atoms with Crippen LogP contribution in [-0.4, -0.2) is 27.8 Å². The second-order valence-electron chi connectivity index (χ2n) is 4.64. The van der Waals surface area contributed by atoms with E-state index >= 15 is 0 Å². The molecule has 1 aliphatic heterocycles. The Labute approximate surface area is 115 Å². The van der Waals surface area contributed by atoms with Crippen LogP contribution < -0.4 is 4.90 Å². The lowest BCUT2D eigenvalue weighted by molar-refractivity contribution is -0.117. The number of phenolic OH excluding ortho intramolecular Hbond substituents is 1. The molecule has 3 rings (SSSR count). The molecule has 1 amide bonds. The summed E-state index contributed by atoms with van der Waals surface area (Å²) in [6.07, 6.45) is 2.18. The highest BCUT2D eigenvalue weighted by Crippen LogP contribution is 2.28. The van der Waals surface area contributed by atoms with Crippen molar-refractivity contribution in [2.75, 3.05) is 11.4 Å². The van der Waals surface area contributed by atoms with Gasteiger partial charge < -0.3 is 9.52 Å². The van der Waals surface area contributed by atoms with Crippen LogP contribution >= 0.6 is 0 Å². The van der Waals surface area contributed by atoms with Gasteiger partial charge in [0.2, 0.25) is 11.8 Å². The average Bonchev–Trinajstić information content (AvgIpc) is 3.06. The van der Waals surface area contributed by atoms with Gasteiger partial charge in [-0.05, 0) is 24.3 Å². The van der Waals surface area contributed by atoms with Crippen molar-refractivity contribution in [2.45, 2.75) is 6.42 Å². The monoisotopic (exact) mass is 271 g/mol. The minimum atomic E-state index is -0.0455. The van der Waals surface area contributed by atoms with Gasteiger partial charge in [-0.1, -0.05) is 11.2 Å². The van der Waals surface area contributed by atoms with Gasteiger partial charge in [0.05, 0.1) is 0 Å². The standard InChI is InChI=1S/C14H13N3O3/c1-2-9-7-12(19)17(8-9)14-16-15-13(20-14)10-3-5-11(18)6-4-10/h2-6,9,18H,1,7-8H2. The smallest absolute Gasteiger partial charge is 0.325 e. The first kappa shape index (κ1) is 12.4. The zero-order chi connectivity index (χ0) is 14.1. The molecule has 1 aliphatic rings. The summed E-state index contributed by atoms with van der Waals surface area (Å²) < 4.78 is 5.52. The molecule has 0 radical (unpaired) electrons. The minimum Gasteiger partial charge on any atom is -0.508 e. The maximum Gasteiger partial charge on any atom is 0.325 e. The molecule has 1 N–H and O–H groups in total. The number of anilines is 1. The fourth-order valence-electron chi connectivity index (χ4n) is 2.12. The molecule has 2 heterocycles. The first-order valence-electron chi connectivity index (χ1n) is 6.23. The Kier molecular flexibility index (Phi) is 2.98. The highest BCUT2D eigenvalue weighted by molar-refractivity contribution is 5.94. The van der Waals surface area contributed by atoms with Crippen molar-refractivity contribution in [1.82, 2.24) is 10.2 Å². The molecule has 0 aliphatic carbocycles. The molecule has 1 aromatic carbocycles. The number of aromatic nitrogens is 2. The number of benzene rings is 1. The minimum absolute atomic E-state index is 0.0455. The molecule has 1 fully saturated rings. The summed E-state index contributed by atoms with van der Waals surface area (Å²) >= 11 is 0. The molecule has 0 saturated carbocycles. The Balaban J connectivity index is 1.85. The molecule has 1 unspecified atom stereocenters. The number of amides is 1. The topological polar surface area (TPSA) is 79.5 Å². The first-order valence-corrected chi connectivity index (χ1v) is 6.23. The van der Waals surface area contributed by atoms with Crippen LogP contribution in [0, 0.1) is 5.92 Å². The maximum atomic E-state index is 11.9.